The number of rotatable bonds is 4. The molecular formula is C14H14N6S. The van der Waals surface area contributed by atoms with Crippen LogP contribution in [0.5, 0.6) is 0 Å². The fourth-order valence-corrected chi connectivity index (χ4v) is 3.15. The van der Waals surface area contributed by atoms with Gasteiger partial charge < -0.3 is 5.32 Å². The van der Waals surface area contributed by atoms with E-state index in [1.54, 1.807) is 11.3 Å². The van der Waals surface area contributed by atoms with E-state index in [2.05, 4.69) is 27.0 Å². The van der Waals surface area contributed by atoms with Gasteiger partial charge in [-0.25, -0.2) is 0 Å². The largest absolute Gasteiger partial charge is 0.311 e. The number of para-hydroxylation sites is 1. The Hall–Kier alpha value is -2.25. The molecule has 0 atom stereocenters. The summed E-state index contributed by atoms with van der Waals surface area (Å²) in [6.07, 6.45) is 2.04. The molecule has 0 spiro atoms. The van der Waals surface area contributed by atoms with Crippen molar-refractivity contribution in [2.24, 2.45) is 0 Å². The Morgan fingerprint density at radius 2 is 2.19 bits per heavy atom. The minimum Gasteiger partial charge on any atom is -0.311 e. The number of fused-ring (bicyclic) bond motifs is 2. The van der Waals surface area contributed by atoms with Crippen LogP contribution in [0.2, 0.25) is 0 Å². The highest BCUT2D eigenvalue weighted by atomic mass is 32.1. The predicted octanol–water partition coefficient (Wildman–Crippen LogP) is 2.24. The smallest absolute Gasteiger partial charge is 0.196 e. The molecule has 0 bridgehead atoms. The second-order valence-electron chi connectivity index (χ2n) is 4.71. The first-order chi connectivity index (χ1) is 10.4. The van der Waals surface area contributed by atoms with Crippen LogP contribution in [0.1, 0.15) is 12.6 Å². The van der Waals surface area contributed by atoms with Gasteiger partial charge in [-0.05, 0) is 18.7 Å². The van der Waals surface area contributed by atoms with Crippen molar-refractivity contribution in [2.45, 2.75) is 13.5 Å². The van der Waals surface area contributed by atoms with E-state index in [4.69, 9.17) is 4.98 Å². The summed E-state index contributed by atoms with van der Waals surface area (Å²) in [5.74, 6) is 0.844. The molecule has 21 heavy (non-hydrogen) atoms. The maximum atomic E-state index is 4.72. The molecule has 6 nitrogen and oxygen atoms in total. The van der Waals surface area contributed by atoms with Crippen molar-refractivity contribution >= 4 is 27.3 Å². The minimum absolute atomic E-state index is 0.748. The molecule has 0 saturated heterocycles. The molecular weight excluding hydrogens is 284 g/mol. The molecule has 0 radical (unpaired) electrons. The van der Waals surface area contributed by atoms with E-state index in [1.807, 2.05) is 40.5 Å². The molecule has 4 rings (SSSR count). The summed E-state index contributed by atoms with van der Waals surface area (Å²) in [6, 6.07) is 7.93. The van der Waals surface area contributed by atoms with E-state index in [1.165, 1.54) is 0 Å². The monoisotopic (exact) mass is 298 g/mol. The summed E-state index contributed by atoms with van der Waals surface area (Å²) in [7, 11) is 0. The maximum absolute atomic E-state index is 4.72. The van der Waals surface area contributed by atoms with Gasteiger partial charge in [0.2, 0.25) is 0 Å². The summed E-state index contributed by atoms with van der Waals surface area (Å²) in [4.78, 5) is 5.69. The van der Waals surface area contributed by atoms with Gasteiger partial charge >= 0.3 is 0 Å². The van der Waals surface area contributed by atoms with E-state index in [9.17, 15) is 0 Å². The molecule has 0 amide bonds. The summed E-state index contributed by atoms with van der Waals surface area (Å²) >= 11 is 1.62. The van der Waals surface area contributed by atoms with Gasteiger partial charge in [-0.1, -0.05) is 24.3 Å². The number of aromatic nitrogens is 5. The first kappa shape index (κ1) is 12.5. The minimum atomic E-state index is 0.748. The summed E-state index contributed by atoms with van der Waals surface area (Å²) in [6.45, 7) is 3.75. The van der Waals surface area contributed by atoms with Crippen LogP contribution in [0.15, 0.2) is 35.8 Å². The fourth-order valence-electron chi connectivity index (χ4n) is 2.42. The van der Waals surface area contributed by atoms with E-state index in [0.717, 1.165) is 40.6 Å². The zero-order chi connectivity index (χ0) is 14.2. The van der Waals surface area contributed by atoms with Crippen LogP contribution in [0, 0.1) is 0 Å². The lowest BCUT2D eigenvalue weighted by molar-refractivity contribution is 0.692. The van der Waals surface area contributed by atoms with Gasteiger partial charge in [0.15, 0.2) is 10.8 Å². The normalized spacial score (nSPS) is 11.7. The molecule has 1 aromatic carbocycles. The molecule has 0 aliphatic rings. The van der Waals surface area contributed by atoms with Crippen molar-refractivity contribution in [1.29, 1.82) is 0 Å². The van der Waals surface area contributed by atoms with E-state index in [0.29, 0.717) is 0 Å². The lowest BCUT2D eigenvalue weighted by Crippen LogP contribution is -2.15. The topological polar surface area (TPSA) is 60.0 Å². The fraction of sp³-hybridized carbons (Fsp3) is 0.214. The van der Waals surface area contributed by atoms with Gasteiger partial charge in [0.25, 0.3) is 0 Å². The zero-order valence-corrected chi connectivity index (χ0v) is 12.3. The molecule has 106 valence electrons. The van der Waals surface area contributed by atoms with Gasteiger partial charge in [-0.2, -0.15) is 9.67 Å². The molecule has 0 saturated carbocycles. The van der Waals surface area contributed by atoms with Crippen molar-refractivity contribution in [3.63, 3.8) is 0 Å². The molecule has 0 aliphatic heterocycles. The SMILES string of the molecule is CCNCc1c(-n2nnc3ccccc32)nc2sccn12. The Labute approximate surface area is 125 Å². The highest BCUT2D eigenvalue weighted by Gasteiger charge is 2.17. The van der Waals surface area contributed by atoms with Crippen LogP contribution in [0.25, 0.3) is 21.8 Å². The molecule has 4 aromatic rings. The summed E-state index contributed by atoms with van der Waals surface area (Å²) in [5.41, 5.74) is 2.95. The highest BCUT2D eigenvalue weighted by Crippen LogP contribution is 2.23. The molecule has 0 aliphatic carbocycles. The van der Waals surface area contributed by atoms with Gasteiger partial charge in [0, 0.05) is 18.1 Å². The molecule has 0 unspecified atom stereocenters. The second kappa shape index (κ2) is 4.94. The van der Waals surface area contributed by atoms with Crippen LogP contribution in [-0.4, -0.2) is 30.9 Å². The number of benzene rings is 1. The lowest BCUT2D eigenvalue weighted by Gasteiger charge is -2.05. The van der Waals surface area contributed by atoms with Crippen LogP contribution in [-0.2, 0) is 6.54 Å². The number of nitrogens with zero attached hydrogens (tertiary/aromatic N) is 5. The average Bonchev–Trinajstić information content (AvgIpc) is 3.18. The Morgan fingerprint density at radius 3 is 3.10 bits per heavy atom. The first-order valence-corrected chi connectivity index (χ1v) is 7.72. The molecule has 0 fully saturated rings. The lowest BCUT2D eigenvalue weighted by atomic mass is 10.3. The molecule has 1 N–H and O–H groups in total. The summed E-state index contributed by atoms with van der Waals surface area (Å²) in [5, 5.41) is 13.9. The Kier molecular flexibility index (Phi) is 2.94. The van der Waals surface area contributed by atoms with Crippen LogP contribution < -0.4 is 5.32 Å². The van der Waals surface area contributed by atoms with Crippen molar-refractivity contribution < 1.29 is 0 Å². The van der Waals surface area contributed by atoms with Gasteiger partial charge in [-0.15, -0.1) is 16.4 Å². The van der Waals surface area contributed by atoms with E-state index >= 15 is 0 Å². The van der Waals surface area contributed by atoms with Gasteiger partial charge in [0.05, 0.1) is 11.2 Å². The van der Waals surface area contributed by atoms with Crippen molar-refractivity contribution in [3.05, 3.63) is 41.5 Å². The van der Waals surface area contributed by atoms with Crippen LogP contribution in [0.3, 0.4) is 0 Å². The maximum Gasteiger partial charge on any atom is 0.196 e. The quantitative estimate of drug-likeness (QED) is 0.628. The summed E-state index contributed by atoms with van der Waals surface area (Å²) < 4.78 is 3.93. The number of hydrogen-bond acceptors (Lipinski definition) is 5. The Bertz CT molecular complexity index is 903. The van der Waals surface area contributed by atoms with Crippen LogP contribution >= 0.6 is 11.3 Å². The van der Waals surface area contributed by atoms with Crippen molar-refractivity contribution in [2.75, 3.05) is 6.54 Å². The number of hydrogen-bond donors (Lipinski definition) is 1. The molecule has 7 heteroatoms. The van der Waals surface area contributed by atoms with Crippen molar-refractivity contribution in [3.8, 4) is 5.82 Å². The average molecular weight is 298 g/mol. The van der Waals surface area contributed by atoms with Crippen molar-refractivity contribution in [1.82, 2.24) is 29.7 Å². The van der Waals surface area contributed by atoms with Gasteiger partial charge in [-0.3, -0.25) is 4.40 Å². The highest BCUT2D eigenvalue weighted by molar-refractivity contribution is 7.15. The Morgan fingerprint density at radius 1 is 1.29 bits per heavy atom. The van der Waals surface area contributed by atoms with E-state index < -0.39 is 0 Å². The first-order valence-electron chi connectivity index (χ1n) is 6.84. The number of imidazole rings is 1. The number of nitrogens with one attached hydrogen (secondary N) is 1. The third-order valence-electron chi connectivity index (χ3n) is 3.43. The third kappa shape index (κ3) is 1.93. The van der Waals surface area contributed by atoms with E-state index in [-0.39, 0.29) is 0 Å². The van der Waals surface area contributed by atoms with Crippen LogP contribution in [0.4, 0.5) is 0 Å². The molecule has 3 heterocycles. The predicted molar refractivity (Wildman–Crippen MR) is 82.9 cm³/mol. The molecule has 3 aromatic heterocycles. The second-order valence-corrected chi connectivity index (χ2v) is 5.58. The third-order valence-corrected chi connectivity index (χ3v) is 4.19. The zero-order valence-electron chi connectivity index (χ0n) is 11.5. The number of thiazole rings is 1. The standard InChI is InChI=1S/C14H14N6S/c1-2-15-9-12-13(16-14-19(12)7-8-21-14)20-11-6-4-3-5-10(11)17-18-20/h3-8,15H,2,9H2,1H3. The van der Waals surface area contributed by atoms with Gasteiger partial charge in [0.1, 0.15) is 5.52 Å². The Balaban J connectivity index is 1.94.